The summed E-state index contributed by atoms with van der Waals surface area (Å²) in [5.74, 6) is -1.57. The van der Waals surface area contributed by atoms with Crippen LogP contribution in [-0.4, -0.2) is 19.7 Å². The number of alkyl halides is 3. The van der Waals surface area contributed by atoms with Crippen LogP contribution < -0.4 is 0 Å². The highest BCUT2D eigenvalue weighted by Crippen LogP contribution is 2.37. The minimum atomic E-state index is -4.46. The first kappa shape index (κ1) is 21.8. The SMILES string of the molecule is CS(=O)(=O)Cc1c(F)ccc2c(C(CCC#N)c3ccc(C(F)(F)F)cc3)c[nH]c12. The van der Waals surface area contributed by atoms with Gasteiger partial charge < -0.3 is 4.98 Å². The fourth-order valence-corrected chi connectivity index (χ4v) is 4.37. The van der Waals surface area contributed by atoms with Crippen LogP contribution in [0.2, 0.25) is 0 Å². The molecule has 0 aliphatic carbocycles. The van der Waals surface area contributed by atoms with Crippen LogP contribution in [0.3, 0.4) is 0 Å². The highest BCUT2D eigenvalue weighted by Gasteiger charge is 2.30. The molecule has 2 aromatic carbocycles. The first-order valence-electron chi connectivity index (χ1n) is 9.01. The third-order valence-electron chi connectivity index (χ3n) is 4.91. The van der Waals surface area contributed by atoms with E-state index >= 15 is 0 Å². The molecule has 30 heavy (non-hydrogen) atoms. The van der Waals surface area contributed by atoms with Crippen molar-refractivity contribution in [3.05, 3.63) is 70.7 Å². The van der Waals surface area contributed by atoms with E-state index in [0.717, 1.165) is 18.4 Å². The molecule has 1 unspecified atom stereocenters. The molecule has 0 fully saturated rings. The van der Waals surface area contributed by atoms with Gasteiger partial charge in [0.2, 0.25) is 0 Å². The maximum Gasteiger partial charge on any atom is 0.416 e. The molecule has 0 bridgehead atoms. The number of benzene rings is 2. The molecule has 1 N–H and O–H groups in total. The highest BCUT2D eigenvalue weighted by atomic mass is 32.2. The Labute approximate surface area is 171 Å². The van der Waals surface area contributed by atoms with E-state index < -0.39 is 39.1 Å². The van der Waals surface area contributed by atoms with Crippen molar-refractivity contribution in [1.82, 2.24) is 4.98 Å². The third kappa shape index (κ3) is 4.65. The van der Waals surface area contributed by atoms with E-state index in [1.54, 1.807) is 6.20 Å². The standard InChI is InChI=1S/C21H18F4N2O2S/c1-30(28,29)12-18-19(22)9-8-16-17(11-27-20(16)18)15(3-2-10-26)13-4-6-14(7-5-13)21(23,24)25/h4-9,11,15,27H,2-3,12H2,1H3. The summed E-state index contributed by atoms with van der Waals surface area (Å²) in [6.45, 7) is 0. The van der Waals surface area contributed by atoms with Crippen LogP contribution in [0.1, 0.15) is 41.0 Å². The zero-order valence-corrected chi connectivity index (χ0v) is 16.7. The fourth-order valence-electron chi connectivity index (χ4n) is 3.56. The van der Waals surface area contributed by atoms with E-state index in [1.807, 2.05) is 6.07 Å². The lowest BCUT2D eigenvalue weighted by Gasteiger charge is -2.17. The molecule has 4 nitrogen and oxygen atoms in total. The average molecular weight is 438 g/mol. The first-order chi connectivity index (χ1) is 14.0. The molecule has 9 heteroatoms. The van der Waals surface area contributed by atoms with Crippen molar-refractivity contribution in [3.8, 4) is 6.07 Å². The smallest absolute Gasteiger partial charge is 0.361 e. The lowest BCUT2D eigenvalue weighted by Crippen LogP contribution is -2.06. The number of nitrogens with one attached hydrogen (secondary N) is 1. The van der Waals surface area contributed by atoms with Crippen LogP contribution in [0.4, 0.5) is 17.6 Å². The van der Waals surface area contributed by atoms with E-state index in [2.05, 4.69) is 4.98 Å². The Kier molecular flexibility index (Phi) is 5.90. The topological polar surface area (TPSA) is 73.7 Å². The van der Waals surface area contributed by atoms with Gasteiger partial charge in [0.1, 0.15) is 5.82 Å². The lowest BCUT2D eigenvalue weighted by molar-refractivity contribution is -0.137. The third-order valence-corrected chi connectivity index (χ3v) is 5.72. The quantitative estimate of drug-likeness (QED) is 0.531. The van der Waals surface area contributed by atoms with Crippen LogP contribution in [0.25, 0.3) is 10.9 Å². The number of nitrogens with zero attached hydrogens (tertiary/aromatic N) is 1. The van der Waals surface area contributed by atoms with Crippen molar-refractivity contribution in [2.24, 2.45) is 0 Å². The van der Waals surface area contributed by atoms with Gasteiger partial charge in [-0.05, 0) is 41.8 Å². The summed E-state index contributed by atoms with van der Waals surface area (Å²) >= 11 is 0. The minimum Gasteiger partial charge on any atom is -0.361 e. The van der Waals surface area contributed by atoms with Gasteiger partial charge in [-0.1, -0.05) is 12.1 Å². The molecule has 1 aromatic heterocycles. The molecule has 158 valence electrons. The highest BCUT2D eigenvalue weighted by molar-refractivity contribution is 7.89. The molecule has 0 saturated heterocycles. The van der Waals surface area contributed by atoms with Crippen molar-refractivity contribution >= 4 is 20.7 Å². The number of nitriles is 1. The van der Waals surface area contributed by atoms with Gasteiger partial charge in [-0.25, -0.2) is 12.8 Å². The van der Waals surface area contributed by atoms with Gasteiger partial charge in [0.25, 0.3) is 0 Å². The number of aromatic amines is 1. The monoisotopic (exact) mass is 438 g/mol. The van der Waals surface area contributed by atoms with E-state index in [-0.39, 0.29) is 12.0 Å². The van der Waals surface area contributed by atoms with Crippen molar-refractivity contribution in [2.45, 2.75) is 30.7 Å². The van der Waals surface area contributed by atoms with Crippen molar-refractivity contribution < 1.29 is 26.0 Å². The molecule has 1 heterocycles. The second kappa shape index (κ2) is 8.11. The Morgan fingerprint density at radius 2 is 1.80 bits per heavy atom. The Morgan fingerprint density at radius 3 is 2.37 bits per heavy atom. The average Bonchev–Trinajstić information content (AvgIpc) is 3.07. The molecule has 0 aliphatic rings. The Balaban J connectivity index is 2.11. The molecule has 0 aliphatic heterocycles. The molecule has 0 spiro atoms. The summed E-state index contributed by atoms with van der Waals surface area (Å²) in [5.41, 5.74) is 0.793. The number of rotatable bonds is 6. The van der Waals surface area contributed by atoms with Crippen molar-refractivity contribution in [3.63, 3.8) is 0 Å². The van der Waals surface area contributed by atoms with Gasteiger partial charge in [0, 0.05) is 35.7 Å². The summed E-state index contributed by atoms with van der Waals surface area (Å²) < 4.78 is 76.4. The Morgan fingerprint density at radius 1 is 1.13 bits per heavy atom. The molecule has 1 atom stereocenters. The van der Waals surface area contributed by atoms with E-state index in [1.165, 1.54) is 24.3 Å². The summed E-state index contributed by atoms with van der Waals surface area (Å²) in [7, 11) is -3.50. The molecule has 3 rings (SSSR count). The largest absolute Gasteiger partial charge is 0.416 e. The Hall–Kier alpha value is -2.86. The maximum absolute atomic E-state index is 14.3. The van der Waals surface area contributed by atoms with Gasteiger partial charge in [-0.3, -0.25) is 0 Å². The number of halogens is 4. The molecule has 0 amide bonds. The zero-order chi connectivity index (χ0) is 22.1. The number of sulfone groups is 1. The fraction of sp³-hybridized carbons (Fsp3) is 0.286. The van der Waals surface area contributed by atoms with E-state index in [0.29, 0.717) is 28.5 Å². The second-order valence-corrected chi connectivity index (χ2v) is 9.27. The summed E-state index contributed by atoms with van der Waals surface area (Å²) in [5, 5.41) is 9.58. The molecule has 0 radical (unpaired) electrons. The number of hydrogen-bond acceptors (Lipinski definition) is 3. The van der Waals surface area contributed by atoms with Gasteiger partial charge in [-0.15, -0.1) is 0 Å². The molecule has 3 aromatic rings. The van der Waals surface area contributed by atoms with Gasteiger partial charge in [0.05, 0.1) is 22.9 Å². The van der Waals surface area contributed by atoms with Crippen LogP contribution in [0, 0.1) is 17.1 Å². The zero-order valence-electron chi connectivity index (χ0n) is 15.9. The number of fused-ring (bicyclic) bond motifs is 1. The maximum atomic E-state index is 14.3. The molecular formula is C21H18F4N2O2S. The second-order valence-electron chi connectivity index (χ2n) is 7.13. The van der Waals surface area contributed by atoms with Crippen molar-refractivity contribution in [1.29, 1.82) is 5.26 Å². The molecular weight excluding hydrogens is 420 g/mol. The number of aromatic nitrogens is 1. The van der Waals surface area contributed by atoms with Crippen LogP contribution in [0.15, 0.2) is 42.6 Å². The first-order valence-corrected chi connectivity index (χ1v) is 11.1. The summed E-state index contributed by atoms with van der Waals surface area (Å²) in [4.78, 5) is 2.92. The van der Waals surface area contributed by atoms with E-state index in [4.69, 9.17) is 5.26 Å². The lowest BCUT2D eigenvalue weighted by atomic mass is 9.86. The Bertz CT molecular complexity index is 1210. The predicted octanol–water partition coefficient (Wildman–Crippen LogP) is 5.31. The van der Waals surface area contributed by atoms with Crippen LogP contribution in [-0.2, 0) is 21.8 Å². The number of hydrogen-bond donors (Lipinski definition) is 1. The normalized spacial score (nSPS) is 13.3. The van der Waals surface area contributed by atoms with Crippen molar-refractivity contribution in [2.75, 3.05) is 6.26 Å². The van der Waals surface area contributed by atoms with Crippen LogP contribution in [0.5, 0.6) is 0 Å². The minimum absolute atomic E-state index is 0.00713. The molecule has 0 saturated carbocycles. The van der Waals surface area contributed by atoms with E-state index in [9.17, 15) is 26.0 Å². The van der Waals surface area contributed by atoms with Crippen LogP contribution >= 0.6 is 0 Å². The number of H-pyrrole nitrogens is 1. The van der Waals surface area contributed by atoms with Gasteiger partial charge >= 0.3 is 6.18 Å². The van der Waals surface area contributed by atoms with Gasteiger partial charge in [0.15, 0.2) is 9.84 Å². The van der Waals surface area contributed by atoms with Gasteiger partial charge in [-0.2, -0.15) is 18.4 Å². The summed E-state index contributed by atoms with van der Waals surface area (Å²) in [6.07, 6.45) is -1.36. The summed E-state index contributed by atoms with van der Waals surface area (Å²) in [6, 6.07) is 9.42. The predicted molar refractivity (Wildman–Crippen MR) is 105 cm³/mol.